The second kappa shape index (κ2) is 4.29. The van der Waals surface area contributed by atoms with Crippen molar-refractivity contribution in [3.8, 4) is 0 Å². The van der Waals surface area contributed by atoms with E-state index in [9.17, 15) is 8.76 Å². The SMILES string of the molecule is NCCS(N)(=O)(O)c1cccc2c(Cl)cccc12. The molecule has 4 nitrogen and oxygen atoms in total. The maximum absolute atomic E-state index is 12.5. The molecule has 0 heterocycles. The van der Waals surface area contributed by atoms with Gasteiger partial charge in [0.25, 0.3) is 0 Å². The zero-order chi connectivity index (χ0) is 13.4. The van der Waals surface area contributed by atoms with Gasteiger partial charge in [-0.05, 0) is 12.1 Å². The molecule has 0 fully saturated rings. The van der Waals surface area contributed by atoms with Crippen molar-refractivity contribution in [2.75, 3.05) is 12.3 Å². The molecule has 2 rings (SSSR count). The van der Waals surface area contributed by atoms with Gasteiger partial charge in [0.2, 0.25) is 0 Å². The zero-order valence-corrected chi connectivity index (χ0v) is 11.2. The van der Waals surface area contributed by atoms with Gasteiger partial charge in [0.1, 0.15) is 0 Å². The van der Waals surface area contributed by atoms with Crippen LogP contribution in [0, 0.1) is 0 Å². The number of benzene rings is 2. The predicted octanol–water partition coefficient (Wildman–Crippen LogP) is 1.98. The monoisotopic (exact) mass is 286 g/mol. The lowest BCUT2D eigenvalue weighted by atomic mass is 10.1. The van der Waals surface area contributed by atoms with E-state index >= 15 is 0 Å². The second-order valence-corrected chi connectivity index (χ2v) is 7.72. The Labute approximate surface area is 110 Å². The Morgan fingerprint density at radius 3 is 2.44 bits per heavy atom. The van der Waals surface area contributed by atoms with Crippen LogP contribution in [0.5, 0.6) is 0 Å². The lowest BCUT2D eigenvalue weighted by Crippen LogP contribution is -2.47. The van der Waals surface area contributed by atoms with Crippen LogP contribution < -0.4 is 10.9 Å². The highest BCUT2D eigenvalue weighted by Gasteiger charge is 2.26. The molecule has 18 heavy (non-hydrogen) atoms. The van der Waals surface area contributed by atoms with Crippen LogP contribution in [-0.4, -0.2) is 21.1 Å². The van der Waals surface area contributed by atoms with Crippen molar-refractivity contribution in [3.63, 3.8) is 0 Å². The summed E-state index contributed by atoms with van der Waals surface area (Å²) >= 11 is 6.06. The molecule has 0 spiro atoms. The van der Waals surface area contributed by atoms with Crippen molar-refractivity contribution in [3.05, 3.63) is 41.4 Å². The van der Waals surface area contributed by atoms with Crippen molar-refractivity contribution < 1.29 is 8.76 Å². The first-order chi connectivity index (χ1) is 8.33. The first kappa shape index (κ1) is 13.5. The maximum atomic E-state index is 12.5. The van der Waals surface area contributed by atoms with Crippen molar-refractivity contribution >= 4 is 31.9 Å². The fourth-order valence-corrected chi connectivity index (χ4v) is 3.89. The molecule has 0 aromatic heterocycles. The number of hydrogen-bond donors (Lipinski definition) is 3. The van der Waals surface area contributed by atoms with E-state index in [-0.39, 0.29) is 17.2 Å². The van der Waals surface area contributed by atoms with Crippen LogP contribution in [0.4, 0.5) is 0 Å². The average molecular weight is 287 g/mol. The van der Waals surface area contributed by atoms with Gasteiger partial charge in [0.15, 0.2) is 0 Å². The molecule has 0 bridgehead atoms. The van der Waals surface area contributed by atoms with Crippen molar-refractivity contribution in [1.82, 2.24) is 0 Å². The molecule has 0 aliphatic heterocycles. The molecular formula is C12H15ClN2O2S. The third-order valence-corrected chi connectivity index (χ3v) is 5.46. The van der Waals surface area contributed by atoms with Gasteiger partial charge in [-0.25, -0.2) is 5.14 Å². The van der Waals surface area contributed by atoms with E-state index < -0.39 is 9.53 Å². The molecule has 2 aromatic rings. The molecule has 0 aliphatic rings. The summed E-state index contributed by atoms with van der Waals surface area (Å²) in [6, 6.07) is 10.2. The lowest BCUT2D eigenvalue weighted by Gasteiger charge is -2.39. The largest absolute Gasteiger partial charge is 0.329 e. The van der Waals surface area contributed by atoms with E-state index in [2.05, 4.69) is 0 Å². The van der Waals surface area contributed by atoms with Gasteiger partial charge in [-0.15, -0.1) is 9.53 Å². The predicted molar refractivity (Wildman–Crippen MR) is 76.1 cm³/mol. The van der Waals surface area contributed by atoms with Gasteiger partial charge in [-0.3, -0.25) is 4.55 Å². The summed E-state index contributed by atoms with van der Waals surface area (Å²) in [5.74, 6) is -0.178. The summed E-state index contributed by atoms with van der Waals surface area (Å²) in [6.45, 7) is 0.0370. The highest BCUT2D eigenvalue weighted by molar-refractivity contribution is 8.13. The average Bonchev–Trinajstić information content (AvgIpc) is 2.28. The van der Waals surface area contributed by atoms with E-state index in [0.29, 0.717) is 15.8 Å². The highest BCUT2D eigenvalue weighted by Crippen LogP contribution is 2.34. The van der Waals surface area contributed by atoms with Crippen LogP contribution in [0.2, 0.25) is 5.02 Å². The number of rotatable bonds is 3. The molecule has 0 unspecified atom stereocenters. The smallest absolute Gasteiger partial charge is 0.0767 e. The Morgan fingerprint density at radius 1 is 1.17 bits per heavy atom. The van der Waals surface area contributed by atoms with E-state index in [1.54, 1.807) is 36.4 Å². The highest BCUT2D eigenvalue weighted by atomic mass is 35.5. The fraction of sp³-hybridized carbons (Fsp3) is 0.167. The van der Waals surface area contributed by atoms with Crippen LogP contribution >= 0.6 is 11.6 Å². The minimum Gasteiger partial charge on any atom is -0.329 e. The van der Waals surface area contributed by atoms with Crippen molar-refractivity contribution in [1.29, 1.82) is 0 Å². The van der Waals surface area contributed by atoms with Crippen LogP contribution in [0.1, 0.15) is 0 Å². The lowest BCUT2D eigenvalue weighted by molar-refractivity contribution is 0.514. The summed E-state index contributed by atoms with van der Waals surface area (Å²) < 4.78 is 22.8. The van der Waals surface area contributed by atoms with E-state index in [1.807, 2.05) is 0 Å². The molecule has 0 saturated heterocycles. The first-order valence-electron chi connectivity index (χ1n) is 5.41. The van der Waals surface area contributed by atoms with E-state index in [0.717, 1.165) is 0 Å². The summed E-state index contributed by atoms with van der Waals surface area (Å²) in [4.78, 5) is 0.192. The standard InChI is InChI=1S/C12H15ClN2O2S/c13-11-5-1-4-10-9(11)3-2-6-12(10)18(15,16,17)8-7-14/h1-6H,7-8,14H2,(H3,15,16,17). The van der Waals surface area contributed by atoms with Crippen LogP contribution in [0.15, 0.2) is 41.3 Å². The molecule has 0 amide bonds. The normalized spacial score (nSPS) is 14.3. The van der Waals surface area contributed by atoms with Gasteiger partial charge in [-0.1, -0.05) is 35.9 Å². The molecule has 0 saturated carbocycles. The van der Waals surface area contributed by atoms with Gasteiger partial charge in [0.05, 0.1) is 10.6 Å². The molecule has 2 aromatic carbocycles. The summed E-state index contributed by atoms with van der Waals surface area (Å²) in [7, 11) is -4.41. The first-order valence-corrected chi connectivity index (χ1v) is 7.95. The topological polar surface area (TPSA) is 89.3 Å². The van der Waals surface area contributed by atoms with Crippen molar-refractivity contribution in [2.24, 2.45) is 10.9 Å². The quantitative estimate of drug-likeness (QED) is 0.806. The summed E-state index contributed by atoms with van der Waals surface area (Å²) in [5, 5.41) is 7.50. The van der Waals surface area contributed by atoms with Gasteiger partial charge >= 0.3 is 0 Å². The minimum absolute atomic E-state index is 0.0370. The van der Waals surface area contributed by atoms with E-state index in [1.165, 1.54) is 0 Å². The Balaban J connectivity index is 2.81. The second-order valence-electron chi connectivity index (χ2n) is 4.21. The Kier molecular flexibility index (Phi) is 3.21. The number of nitrogens with two attached hydrogens (primary N) is 2. The van der Waals surface area contributed by atoms with E-state index in [4.69, 9.17) is 22.5 Å². The third kappa shape index (κ3) is 2.28. The maximum Gasteiger partial charge on any atom is 0.0767 e. The molecule has 0 aliphatic carbocycles. The van der Waals surface area contributed by atoms with Gasteiger partial charge in [0, 0.05) is 22.3 Å². The Hall–Kier alpha value is -0.980. The fourth-order valence-electron chi connectivity index (χ4n) is 1.96. The van der Waals surface area contributed by atoms with Crippen LogP contribution in [-0.2, 0) is 9.53 Å². The summed E-state index contributed by atoms with van der Waals surface area (Å²) in [5.41, 5.74) is 5.37. The van der Waals surface area contributed by atoms with Gasteiger partial charge < -0.3 is 5.73 Å². The third-order valence-electron chi connectivity index (χ3n) is 2.81. The molecule has 5 N–H and O–H groups in total. The Morgan fingerprint density at radius 2 is 1.78 bits per heavy atom. The number of halogens is 1. The minimum atomic E-state index is -4.41. The number of hydrogen-bond acceptors (Lipinski definition) is 2. The van der Waals surface area contributed by atoms with Crippen LogP contribution in [0.25, 0.3) is 10.8 Å². The Bertz CT molecular complexity index is 666. The molecular weight excluding hydrogens is 272 g/mol. The van der Waals surface area contributed by atoms with Crippen molar-refractivity contribution in [2.45, 2.75) is 4.90 Å². The van der Waals surface area contributed by atoms with Gasteiger partial charge in [-0.2, -0.15) is 4.21 Å². The molecule has 0 radical (unpaired) electrons. The molecule has 6 heteroatoms. The van der Waals surface area contributed by atoms with Crippen LogP contribution in [0.3, 0.4) is 0 Å². The summed E-state index contributed by atoms with van der Waals surface area (Å²) in [6.07, 6.45) is 0. The molecule has 98 valence electrons. The number of fused-ring (bicyclic) bond motifs is 1. The molecule has 0 atom stereocenters. The zero-order valence-electron chi connectivity index (χ0n) is 9.67.